The van der Waals surface area contributed by atoms with Gasteiger partial charge >= 0.3 is 5.97 Å². The lowest BCUT2D eigenvalue weighted by atomic mass is 10.2. The molecule has 0 heterocycles. The van der Waals surface area contributed by atoms with Crippen LogP contribution in [0.2, 0.25) is 10.0 Å². The molecule has 0 bridgehead atoms. The van der Waals surface area contributed by atoms with Gasteiger partial charge in [0.05, 0.1) is 11.3 Å². The summed E-state index contributed by atoms with van der Waals surface area (Å²) in [7, 11) is 0. The van der Waals surface area contributed by atoms with E-state index in [2.05, 4.69) is 10.6 Å². The summed E-state index contributed by atoms with van der Waals surface area (Å²) in [6.45, 7) is 1.54. The topological polar surface area (TPSA) is 87.7 Å². The number of benzene rings is 2. The lowest BCUT2D eigenvalue weighted by molar-refractivity contribution is -0.121. The van der Waals surface area contributed by atoms with Crippen molar-refractivity contribution in [3.8, 4) is 5.75 Å². The molecule has 0 fully saturated rings. The van der Waals surface area contributed by atoms with Crippen LogP contribution in [0.1, 0.15) is 15.9 Å². The molecule has 9 heteroatoms. The number of carbonyl (C=O) groups is 2. The number of ether oxygens (including phenoxy) is 1. The average molecular weight is 413 g/mol. The van der Waals surface area contributed by atoms with Crippen molar-refractivity contribution in [1.29, 1.82) is 0 Å². The van der Waals surface area contributed by atoms with E-state index in [0.717, 1.165) is 5.56 Å². The molecule has 3 N–H and O–H groups in total. The molecule has 0 aliphatic carbocycles. The molecule has 0 saturated carbocycles. The Labute approximate surface area is 165 Å². The van der Waals surface area contributed by atoms with E-state index in [1.54, 1.807) is 25.1 Å². The first kappa shape index (κ1) is 20.0. The second-order valence-electron chi connectivity index (χ2n) is 5.20. The monoisotopic (exact) mass is 412 g/mol. The van der Waals surface area contributed by atoms with Crippen LogP contribution in [0.25, 0.3) is 0 Å². The lowest BCUT2D eigenvalue weighted by Crippen LogP contribution is -2.37. The Morgan fingerprint density at radius 1 is 1.15 bits per heavy atom. The van der Waals surface area contributed by atoms with E-state index >= 15 is 0 Å². The highest BCUT2D eigenvalue weighted by molar-refractivity contribution is 7.80. The molecule has 0 aromatic heterocycles. The number of rotatable bonds is 5. The number of carboxylic acid groups (broad SMARTS) is 1. The Balaban J connectivity index is 1.93. The van der Waals surface area contributed by atoms with Crippen molar-refractivity contribution in [2.75, 3.05) is 11.9 Å². The van der Waals surface area contributed by atoms with Gasteiger partial charge in [0.1, 0.15) is 5.75 Å². The maximum atomic E-state index is 11.9. The second kappa shape index (κ2) is 8.84. The van der Waals surface area contributed by atoms with E-state index in [-0.39, 0.29) is 28.0 Å². The van der Waals surface area contributed by atoms with E-state index in [1.807, 2.05) is 0 Å². The van der Waals surface area contributed by atoms with Crippen molar-refractivity contribution in [3.05, 3.63) is 57.6 Å². The predicted molar refractivity (Wildman–Crippen MR) is 104 cm³/mol. The second-order valence-corrected chi connectivity index (χ2v) is 6.48. The van der Waals surface area contributed by atoms with Crippen molar-refractivity contribution in [2.45, 2.75) is 6.92 Å². The fourth-order valence-corrected chi connectivity index (χ4v) is 2.66. The molecule has 136 valence electrons. The number of halogens is 2. The van der Waals surface area contributed by atoms with Gasteiger partial charge in [-0.15, -0.1) is 0 Å². The zero-order valence-electron chi connectivity index (χ0n) is 13.5. The number of thiocarbonyl (C=S) groups is 1. The average Bonchev–Trinajstić information content (AvgIpc) is 2.55. The number of amides is 1. The number of hydrogen-bond acceptors (Lipinski definition) is 4. The standard InChI is InChI=1S/C17H14Cl2N2O4S/c1-9-6-10(18)3-5-14(9)25-8-15(22)21-17(26)20-13-4-2-11(19)7-12(13)16(23)24/h2-7H,8H2,1H3,(H,23,24)(H2,20,21,22,26). The van der Waals surface area contributed by atoms with Crippen LogP contribution in [-0.4, -0.2) is 28.7 Å². The van der Waals surface area contributed by atoms with Crippen LogP contribution in [0.15, 0.2) is 36.4 Å². The van der Waals surface area contributed by atoms with Crippen LogP contribution in [-0.2, 0) is 4.79 Å². The summed E-state index contributed by atoms with van der Waals surface area (Å²) >= 11 is 16.7. The SMILES string of the molecule is Cc1cc(Cl)ccc1OCC(=O)NC(=S)Nc1ccc(Cl)cc1C(=O)O. The molecule has 0 unspecified atom stereocenters. The van der Waals surface area contributed by atoms with Gasteiger partial charge in [-0.25, -0.2) is 4.79 Å². The molecule has 0 spiro atoms. The van der Waals surface area contributed by atoms with Crippen LogP contribution in [0.4, 0.5) is 5.69 Å². The van der Waals surface area contributed by atoms with E-state index in [9.17, 15) is 14.7 Å². The fraction of sp³-hybridized carbons (Fsp3) is 0.118. The minimum atomic E-state index is -1.18. The molecule has 2 rings (SSSR count). The summed E-state index contributed by atoms with van der Waals surface area (Å²) in [5.41, 5.74) is 0.932. The molecule has 0 aliphatic heterocycles. The van der Waals surface area contributed by atoms with E-state index in [1.165, 1.54) is 18.2 Å². The Kier molecular flexibility index (Phi) is 6.79. The highest BCUT2D eigenvalue weighted by atomic mass is 35.5. The van der Waals surface area contributed by atoms with E-state index in [0.29, 0.717) is 10.8 Å². The zero-order chi connectivity index (χ0) is 19.3. The Morgan fingerprint density at radius 2 is 1.81 bits per heavy atom. The van der Waals surface area contributed by atoms with Crippen molar-refractivity contribution >= 4 is 58.1 Å². The normalized spacial score (nSPS) is 10.1. The predicted octanol–water partition coefficient (Wildman–Crippen LogP) is 3.89. The largest absolute Gasteiger partial charge is 0.483 e. The smallest absolute Gasteiger partial charge is 0.337 e. The van der Waals surface area contributed by atoms with Gasteiger partial charge < -0.3 is 15.2 Å². The molecule has 0 atom stereocenters. The molecule has 1 amide bonds. The van der Waals surface area contributed by atoms with Crippen molar-refractivity contribution in [1.82, 2.24) is 5.32 Å². The molecular formula is C17H14Cl2N2O4S. The van der Waals surface area contributed by atoms with Gasteiger partial charge in [0.2, 0.25) is 0 Å². The van der Waals surface area contributed by atoms with Crippen molar-refractivity contribution in [2.24, 2.45) is 0 Å². The minimum absolute atomic E-state index is 0.0590. The van der Waals surface area contributed by atoms with Gasteiger partial charge in [0.25, 0.3) is 5.91 Å². The first-order valence-electron chi connectivity index (χ1n) is 7.29. The molecular weight excluding hydrogens is 399 g/mol. The number of nitrogens with one attached hydrogen (secondary N) is 2. The summed E-state index contributed by atoms with van der Waals surface area (Å²) in [6.07, 6.45) is 0. The van der Waals surface area contributed by atoms with Crippen molar-refractivity contribution in [3.63, 3.8) is 0 Å². The number of anilines is 1. The van der Waals surface area contributed by atoms with Gasteiger partial charge in [-0.05, 0) is 61.1 Å². The number of hydrogen-bond donors (Lipinski definition) is 3. The maximum absolute atomic E-state index is 11.9. The third-order valence-corrected chi connectivity index (χ3v) is 3.88. The highest BCUT2D eigenvalue weighted by Gasteiger charge is 2.13. The summed E-state index contributed by atoms with van der Waals surface area (Å²) in [5.74, 6) is -1.15. The third-order valence-electron chi connectivity index (χ3n) is 3.21. The maximum Gasteiger partial charge on any atom is 0.337 e. The van der Waals surface area contributed by atoms with Crippen LogP contribution in [0.3, 0.4) is 0 Å². The van der Waals surface area contributed by atoms with Crippen LogP contribution < -0.4 is 15.4 Å². The number of aromatic carboxylic acids is 1. The van der Waals surface area contributed by atoms with Gasteiger partial charge in [0.15, 0.2) is 11.7 Å². The molecule has 2 aromatic rings. The quantitative estimate of drug-likeness (QED) is 0.645. The van der Waals surface area contributed by atoms with Crippen molar-refractivity contribution < 1.29 is 19.4 Å². The first-order valence-corrected chi connectivity index (χ1v) is 8.45. The summed E-state index contributed by atoms with van der Waals surface area (Å²) in [4.78, 5) is 23.2. The summed E-state index contributed by atoms with van der Waals surface area (Å²) in [5, 5.41) is 15.0. The number of carboxylic acids is 1. The molecule has 6 nitrogen and oxygen atoms in total. The molecule has 26 heavy (non-hydrogen) atoms. The van der Waals surface area contributed by atoms with Gasteiger partial charge in [0, 0.05) is 10.0 Å². The van der Waals surface area contributed by atoms with E-state index < -0.39 is 11.9 Å². The Bertz CT molecular complexity index is 874. The van der Waals surface area contributed by atoms with Gasteiger partial charge in [-0.3, -0.25) is 10.1 Å². The van der Waals surface area contributed by atoms with Crippen LogP contribution in [0.5, 0.6) is 5.75 Å². The molecule has 0 saturated heterocycles. The zero-order valence-corrected chi connectivity index (χ0v) is 15.8. The highest BCUT2D eigenvalue weighted by Crippen LogP contribution is 2.22. The van der Waals surface area contributed by atoms with Crippen LogP contribution >= 0.6 is 35.4 Å². The number of carbonyl (C=O) groups excluding carboxylic acids is 1. The summed E-state index contributed by atoms with van der Waals surface area (Å²) in [6, 6.07) is 9.28. The fourth-order valence-electron chi connectivity index (χ4n) is 2.04. The van der Waals surface area contributed by atoms with E-state index in [4.69, 9.17) is 40.2 Å². The lowest BCUT2D eigenvalue weighted by Gasteiger charge is -2.13. The van der Waals surface area contributed by atoms with Crippen LogP contribution in [0, 0.1) is 6.92 Å². The Hall–Kier alpha value is -2.35. The summed E-state index contributed by atoms with van der Waals surface area (Å²) < 4.78 is 5.41. The van der Waals surface area contributed by atoms with Gasteiger partial charge in [-0.1, -0.05) is 23.2 Å². The minimum Gasteiger partial charge on any atom is -0.483 e. The van der Waals surface area contributed by atoms with Gasteiger partial charge in [-0.2, -0.15) is 0 Å². The molecule has 2 aromatic carbocycles. The Morgan fingerprint density at radius 3 is 2.46 bits per heavy atom. The molecule has 0 radical (unpaired) electrons. The number of aryl methyl sites for hydroxylation is 1. The molecule has 0 aliphatic rings. The first-order chi connectivity index (χ1) is 12.3. The third kappa shape index (κ3) is 5.59.